The van der Waals surface area contributed by atoms with Crippen molar-refractivity contribution in [2.75, 3.05) is 20.3 Å². The Morgan fingerprint density at radius 2 is 1.94 bits per heavy atom. The van der Waals surface area contributed by atoms with Crippen molar-refractivity contribution >= 4 is 35.4 Å². The number of ether oxygens (including phenoxy) is 3. The number of methoxy groups -OCH3 is 1. The van der Waals surface area contributed by atoms with Crippen molar-refractivity contribution in [1.29, 1.82) is 0 Å². The van der Waals surface area contributed by atoms with Gasteiger partial charge in [0.25, 0.3) is 5.56 Å². The summed E-state index contributed by atoms with van der Waals surface area (Å²) >= 11 is 1.14. The number of aromatic nitrogens is 1. The Bertz CT molecular complexity index is 1250. The van der Waals surface area contributed by atoms with Gasteiger partial charge in [-0.25, -0.2) is 4.79 Å². The predicted molar refractivity (Wildman–Crippen MR) is 141 cm³/mol. The summed E-state index contributed by atoms with van der Waals surface area (Å²) in [6, 6.07) is 5.46. The van der Waals surface area contributed by atoms with Crippen molar-refractivity contribution in [1.82, 2.24) is 9.88 Å². The molecule has 1 amide bonds. The van der Waals surface area contributed by atoms with Crippen LogP contribution in [0.2, 0.25) is 0 Å². The fourth-order valence-electron chi connectivity index (χ4n) is 4.46. The van der Waals surface area contributed by atoms with Crippen molar-refractivity contribution in [3.05, 3.63) is 43.3 Å². The van der Waals surface area contributed by atoms with Crippen molar-refractivity contribution in [2.45, 2.75) is 59.5 Å². The van der Waals surface area contributed by atoms with E-state index in [1.54, 1.807) is 32.2 Å². The van der Waals surface area contributed by atoms with Gasteiger partial charge in [0.15, 0.2) is 11.5 Å². The minimum absolute atomic E-state index is 0.0791. The van der Waals surface area contributed by atoms with Gasteiger partial charge in [-0.3, -0.25) is 14.2 Å². The Morgan fingerprint density at radius 3 is 2.64 bits per heavy atom. The van der Waals surface area contributed by atoms with E-state index >= 15 is 0 Å². The second-order valence-electron chi connectivity index (χ2n) is 9.02. The zero-order valence-electron chi connectivity index (χ0n) is 21.7. The Labute approximate surface area is 215 Å². The summed E-state index contributed by atoms with van der Waals surface area (Å²) in [5.41, 5.74) is 0.395. The number of thiazole rings is 1. The molecule has 9 heteroatoms. The number of nitrogens with zero attached hydrogens (tertiary/aromatic N) is 1. The lowest BCUT2D eigenvalue weighted by molar-refractivity contribution is -0.135. The smallest absolute Gasteiger partial charge is 0.333 e. The highest BCUT2D eigenvalue weighted by Crippen LogP contribution is 2.29. The summed E-state index contributed by atoms with van der Waals surface area (Å²) in [6.07, 6.45) is 6.14. The van der Waals surface area contributed by atoms with Gasteiger partial charge >= 0.3 is 5.97 Å². The van der Waals surface area contributed by atoms with Gasteiger partial charge in [0.1, 0.15) is 11.2 Å². The molecule has 0 radical (unpaired) electrons. The minimum Gasteiger partial charge on any atom is -0.493 e. The molecular formula is C27H36N2O6S. The van der Waals surface area contributed by atoms with E-state index in [1.807, 2.05) is 13.0 Å². The quantitative estimate of drug-likeness (QED) is 0.515. The minimum atomic E-state index is -0.558. The van der Waals surface area contributed by atoms with Crippen LogP contribution in [0.4, 0.5) is 0 Å². The van der Waals surface area contributed by atoms with Gasteiger partial charge in [0.2, 0.25) is 5.91 Å². The molecule has 1 saturated carbocycles. The maximum absolute atomic E-state index is 13.3. The van der Waals surface area contributed by atoms with Crippen molar-refractivity contribution in [3.63, 3.8) is 0 Å². The molecule has 8 nitrogen and oxygen atoms in total. The summed E-state index contributed by atoms with van der Waals surface area (Å²) in [4.78, 5) is 38.5. The highest BCUT2D eigenvalue weighted by molar-refractivity contribution is 7.07. The normalized spacial score (nSPS) is 20.8. The molecule has 1 aromatic heterocycles. The van der Waals surface area contributed by atoms with E-state index in [2.05, 4.69) is 19.2 Å². The largest absolute Gasteiger partial charge is 0.493 e. The average molecular weight is 517 g/mol. The van der Waals surface area contributed by atoms with Gasteiger partial charge in [-0.05, 0) is 55.9 Å². The van der Waals surface area contributed by atoms with Crippen LogP contribution in [-0.4, -0.2) is 42.8 Å². The molecule has 3 rings (SSSR count). The molecule has 0 saturated heterocycles. The van der Waals surface area contributed by atoms with Crippen LogP contribution in [0, 0.1) is 11.8 Å². The maximum Gasteiger partial charge on any atom is 0.333 e. The van der Waals surface area contributed by atoms with Crippen LogP contribution in [0.5, 0.6) is 11.5 Å². The second kappa shape index (κ2) is 12.8. The zero-order valence-corrected chi connectivity index (χ0v) is 22.5. The van der Waals surface area contributed by atoms with E-state index in [0.717, 1.165) is 36.2 Å². The molecule has 1 aromatic carbocycles. The van der Waals surface area contributed by atoms with E-state index < -0.39 is 5.97 Å². The first-order valence-corrected chi connectivity index (χ1v) is 13.3. The van der Waals surface area contributed by atoms with Crippen LogP contribution in [0.1, 0.15) is 52.5 Å². The number of hydrogen-bond donors (Lipinski definition) is 1. The van der Waals surface area contributed by atoms with Crippen molar-refractivity contribution in [3.8, 4) is 11.5 Å². The van der Waals surface area contributed by atoms with E-state index in [4.69, 9.17) is 14.2 Å². The number of carbonyl (C=O) groups is 2. The molecule has 1 heterocycles. The van der Waals surface area contributed by atoms with Crippen LogP contribution in [0.3, 0.4) is 0 Å². The van der Waals surface area contributed by atoms with Crippen LogP contribution in [-0.2, 0) is 20.9 Å². The van der Waals surface area contributed by atoms with Crippen LogP contribution >= 0.6 is 11.3 Å². The molecule has 0 bridgehead atoms. The number of benzene rings is 1. The molecular weight excluding hydrogens is 480 g/mol. The van der Waals surface area contributed by atoms with E-state index in [0.29, 0.717) is 39.1 Å². The number of amides is 1. The fourth-order valence-corrected chi connectivity index (χ4v) is 5.49. The number of carbonyl (C=O) groups excluding carboxylic acids is 2. The number of hydrogen-bond acceptors (Lipinski definition) is 7. The highest BCUT2D eigenvalue weighted by Gasteiger charge is 2.28. The molecule has 0 spiro atoms. The third kappa shape index (κ3) is 6.78. The molecule has 1 aliphatic rings. The summed E-state index contributed by atoms with van der Waals surface area (Å²) < 4.78 is 18.1. The molecule has 1 aliphatic carbocycles. The number of rotatable bonds is 9. The van der Waals surface area contributed by atoms with Gasteiger partial charge in [0, 0.05) is 6.04 Å². The Morgan fingerprint density at radius 1 is 1.17 bits per heavy atom. The average Bonchev–Trinajstić information content (AvgIpc) is 3.11. The third-order valence-corrected chi connectivity index (χ3v) is 7.66. The molecule has 2 aromatic rings. The lowest BCUT2D eigenvalue weighted by Crippen LogP contribution is -2.46. The van der Waals surface area contributed by atoms with Gasteiger partial charge in [-0.15, -0.1) is 11.3 Å². The lowest BCUT2D eigenvalue weighted by atomic mass is 9.78. The molecule has 0 aliphatic heterocycles. The van der Waals surface area contributed by atoms with E-state index in [9.17, 15) is 14.4 Å². The summed E-state index contributed by atoms with van der Waals surface area (Å²) in [6.45, 7) is 8.47. The van der Waals surface area contributed by atoms with Gasteiger partial charge in [-0.1, -0.05) is 32.8 Å². The number of esters is 1. The Hall–Kier alpha value is -3.07. The van der Waals surface area contributed by atoms with E-state index in [1.165, 1.54) is 10.6 Å². The van der Waals surface area contributed by atoms with Crippen LogP contribution in [0.15, 0.2) is 23.0 Å². The molecule has 1 N–H and O–H groups in total. The molecule has 196 valence electrons. The predicted octanol–water partition coefficient (Wildman–Crippen LogP) is 2.43. The van der Waals surface area contributed by atoms with Crippen molar-refractivity contribution < 1.29 is 23.8 Å². The van der Waals surface area contributed by atoms with Crippen molar-refractivity contribution in [2.24, 2.45) is 11.8 Å². The SMILES string of the molecule is CCOC(=O)/C=c1\s/c(=C/c2ccc(OC)c(OCC)c2)c(=O)n1CC(=O)NC1CCCC(C)C1C. The van der Waals surface area contributed by atoms with E-state index in [-0.39, 0.29) is 30.7 Å². The summed E-state index contributed by atoms with van der Waals surface area (Å²) in [5, 5.41) is 3.11. The maximum atomic E-state index is 13.3. The summed E-state index contributed by atoms with van der Waals surface area (Å²) in [7, 11) is 1.57. The topological polar surface area (TPSA) is 95.9 Å². The standard InChI is InChI=1S/C27H36N2O6S/c1-6-34-22-13-19(11-12-21(22)33-5)14-23-27(32)29(25(36-23)15-26(31)35-7-2)16-24(30)28-20-10-8-9-17(3)18(20)4/h11-15,17-18,20H,6-10,16H2,1-5H3,(H,28,30)/b23-14+,25-15-. The van der Waals surface area contributed by atoms with Gasteiger partial charge < -0.3 is 19.5 Å². The highest BCUT2D eigenvalue weighted by atomic mass is 32.1. The third-order valence-electron chi connectivity index (χ3n) is 6.60. The summed E-state index contributed by atoms with van der Waals surface area (Å²) in [5.74, 6) is 1.26. The molecule has 36 heavy (non-hydrogen) atoms. The van der Waals surface area contributed by atoms with Crippen LogP contribution in [0.25, 0.3) is 12.2 Å². The van der Waals surface area contributed by atoms with Gasteiger partial charge in [0.05, 0.1) is 30.9 Å². The number of nitrogens with one attached hydrogen (secondary N) is 1. The first kappa shape index (κ1) is 27.5. The first-order valence-electron chi connectivity index (χ1n) is 12.5. The monoisotopic (exact) mass is 516 g/mol. The Balaban J connectivity index is 1.98. The second-order valence-corrected chi connectivity index (χ2v) is 10.1. The fraction of sp³-hybridized carbons (Fsp3) is 0.519. The van der Waals surface area contributed by atoms with Crippen LogP contribution < -0.4 is 29.5 Å². The molecule has 3 atom stereocenters. The van der Waals surface area contributed by atoms with Gasteiger partial charge in [-0.2, -0.15) is 0 Å². The first-order chi connectivity index (χ1) is 17.3. The lowest BCUT2D eigenvalue weighted by Gasteiger charge is -2.34. The molecule has 3 unspecified atom stereocenters. The molecule has 1 fully saturated rings. The Kier molecular flexibility index (Phi) is 9.75. The zero-order chi connectivity index (χ0) is 26.2.